The monoisotopic (exact) mass is 406 g/mol. The van der Waals surface area contributed by atoms with Crippen molar-refractivity contribution in [1.82, 2.24) is 9.55 Å². The van der Waals surface area contributed by atoms with Gasteiger partial charge >= 0.3 is 5.69 Å². The van der Waals surface area contributed by atoms with Crippen LogP contribution in [0.2, 0.25) is 0 Å². The van der Waals surface area contributed by atoms with E-state index in [1.54, 1.807) is 12.1 Å². The molecule has 1 heterocycles. The Kier molecular flexibility index (Phi) is 5.64. The number of rotatable bonds is 4. The molecule has 156 valence electrons. The number of aromatic amines is 1. The standard InChI is InChI=1S/C23H26N4O3/c1-23(2,3)17-12-10-16(11-13-17)21(29)26(4)18-19(24)27(22(30)25-20(18)28)14-15-8-6-5-7-9-15/h5-13H,14,24H2,1-4H3,(H,25,28,30). The second kappa shape index (κ2) is 8.02. The summed E-state index contributed by atoms with van der Waals surface area (Å²) in [7, 11) is 1.47. The fourth-order valence-corrected chi connectivity index (χ4v) is 3.23. The molecule has 3 rings (SSSR count). The van der Waals surface area contributed by atoms with Crippen molar-refractivity contribution in [1.29, 1.82) is 0 Å². The molecule has 0 spiro atoms. The highest BCUT2D eigenvalue weighted by molar-refractivity contribution is 6.06. The first kappa shape index (κ1) is 21.1. The molecule has 1 amide bonds. The average Bonchev–Trinajstić information content (AvgIpc) is 2.70. The quantitative estimate of drug-likeness (QED) is 0.696. The van der Waals surface area contributed by atoms with Gasteiger partial charge in [0.05, 0.1) is 6.54 Å². The molecule has 0 unspecified atom stereocenters. The number of nitrogens with one attached hydrogen (secondary N) is 1. The van der Waals surface area contributed by atoms with E-state index in [2.05, 4.69) is 25.8 Å². The molecule has 0 bridgehead atoms. The third-order valence-electron chi connectivity index (χ3n) is 5.04. The molecule has 3 N–H and O–H groups in total. The number of benzene rings is 2. The first-order valence-corrected chi connectivity index (χ1v) is 9.64. The number of nitrogens with zero attached hydrogens (tertiary/aromatic N) is 2. The van der Waals surface area contributed by atoms with Crippen molar-refractivity contribution in [2.45, 2.75) is 32.7 Å². The third-order valence-corrected chi connectivity index (χ3v) is 5.04. The summed E-state index contributed by atoms with van der Waals surface area (Å²) in [6.07, 6.45) is 0. The molecule has 3 aromatic rings. The SMILES string of the molecule is CN(C(=O)c1ccc(C(C)(C)C)cc1)c1c(N)n(Cc2ccccc2)c(=O)[nH]c1=O. The maximum Gasteiger partial charge on any atom is 0.330 e. The number of nitrogens with two attached hydrogens (primary N) is 1. The average molecular weight is 406 g/mol. The molecule has 0 aliphatic heterocycles. The van der Waals surface area contributed by atoms with Crippen LogP contribution < -0.4 is 21.9 Å². The Balaban J connectivity index is 1.98. The lowest BCUT2D eigenvalue weighted by molar-refractivity contribution is 0.0992. The molecule has 7 heteroatoms. The van der Waals surface area contributed by atoms with Crippen LogP contribution in [-0.4, -0.2) is 22.5 Å². The highest BCUT2D eigenvalue weighted by atomic mass is 16.2. The first-order valence-electron chi connectivity index (χ1n) is 9.64. The van der Waals surface area contributed by atoms with Gasteiger partial charge < -0.3 is 10.6 Å². The smallest absolute Gasteiger partial charge is 0.330 e. The van der Waals surface area contributed by atoms with Gasteiger partial charge in [-0.3, -0.25) is 19.1 Å². The summed E-state index contributed by atoms with van der Waals surface area (Å²) in [4.78, 5) is 41.3. The lowest BCUT2D eigenvalue weighted by atomic mass is 9.86. The van der Waals surface area contributed by atoms with Gasteiger partial charge in [0.15, 0.2) is 5.69 Å². The zero-order chi connectivity index (χ0) is 22.1. The van der Waals surface area contributed by atoms with Gasteiger partial charge in [-0.1, -0.05) is 63.2 Å². The van der Waals surface area contributed by atoms with Crippen LogP contribution in [0, 0.1) is 0 Å². The molecule has 30 heavy (non-hydrogen) atoms. The van der Waals surface area contributed by atoms with Crippen molar-refractivity contribution in [2.24, 2.45) is 0 Å². The predicted octanol–water partition coefficient (Wildman–Crippen LogP) is 2.74. The van der Waals surface area contributed by atoms with Crippen LogP contribution in [0.15, 0.2) is 64.2 Å². The number of carbonyl (C=O) groups excluding carboxylic acids is 1. The van der Waals surface area contributed by atoms with Crippen molar-refractivity contribution in [2.75, 3.05) is 17.7 Å². The number of H-pyrrole nitrogens is 1. The Morgan fingerprint density at radius 2 is 1.63 bits per heavy atom. The summed E-state index contributed by atoms with van der Waals surface area (Å²) in [5, 5.41) is 0. The van der Waals surface area contributed by atoms with Crippen LogP contribution >= 0.6 is 0 Å². The number of carbonyl (C=O) groups is 1. The van der Waals surface area contributed by atoms with Crippen LogP contribution in [0.3, 0.4) is 0 Å². The molecule has 0 aliphatic rings. The molecule has 7 nitrogen and oxygen atoms in total. The van der Waals surface area contributed by atoms with E-state index in [1.807, 2.05) is 42.5 Å². The minimum atomic E-state index is -0.705. The van der Waals surface area contributed by atoms with Gasteiger partial charge in [0.1, 0.15) is 5.82 Å². The number of hydrogen-bond acceptors (Lipinski definition) is 4. The molecular weight excluding hydrogens is 380 g/mol. The van der Waals surface area contributed by atoms with Gasteiger partial charge in [-0.2, -0.15) is 0 Å². The lowest BCUT2D eigenvalue weighted by Crippen LogP contribution is -2.39. The number of anilines is 2. The zero-order valence-corrected chi connectivity index (χ0v) is 17.6. The van der Waals surface area contributed by atoms with Crippen LogP contribution in [-0.2, 0) is 12.0 Å². The molecule has 2 aromatic carbocycles. The van der Waals surface area contributed by atoms with E-state index < -0.39 is 17.2 Å². The van der Waals surface area contributed by atoms with Gasteiger partial charge in [0, 0.05) is 12.6 Å². The largest absolute Gasteiger partial charge is 0.383 e. The minimum absolute atomic E-state index is 0.0397. The van der Waals surface area contributed by atoms with Gasteiger partial charge in [-0.25, -0.2) is 4.79 Å². The van der Waals surface area contributed by atoms with Crippen LogP contribution in [0.4, 0.5) is 11.5 Å². The molecule has 0 saturated heterocycles. The fourth-order valence-electron chi connectivity index (χ4n) is 3.23. The Morgan fingerprint density at radius 1 is 1.03 bits per heavy atom. The number of aromatic nitrogens is 2. The van der Waals surface area contributed by atoms with E-state index in [0.29, 0.717) is 5.56 Å². The second-order valence-electron chi connectivity index (χ2n) is 8.26. The Hall–Kier alpha value is -3.61. The number of amides is 1. The van der Waals surface area contributed by atoms with Gasteiger partial charge in [-0.15, -0.1) is 0 Å². The normalized spacial score (nSPS) is 11.3. The molecule has 0 aliphatic carbocycles. The fraction of sp³-hybridized carbons (Fsp3) is 0.261. The summed E-state index contributed by atoms with van der Waals surface area (Å²) in [5.41, 5.74) is 7.11. The summed E-state index contributed by atoms with van der Waals surface area (Å²) < 4.78 is 1.25. The molecule has 1 aromatic heterocycles. The Labute approximate surface area is 174 Å². The maximum absolute atomic E-state index is 13.0. The number of nitrogen functional groups attached to an aromatic ring is 1. The van der Waals surface area contributed by atoms with Crippen LogP contribution in [0.1, 0.15) is 42.3 Å². The lowest BCUT2D eigenvalue weighted by Gasteiger charge is -2.22. The number of hydrogen-bond donors (Lipinski definition) is 2. The van der Waals surface area contributed by atoms with E-state index in [1.165, 1.54) is 16.5 Å². The van der Waals surface area contributed by atoms with E-state index in [4.69, 9.17) is 5.73 Å². The highest BCUT2D eigenvalue weighted by Crippen LogP contribution is 2.23. The Morgan fingerprint density at radius 3 is 2.20 bits per heavy atom. The summed E-state index contributed by atoms with van der Waals surface area (Å²) >= 11 is 0. The van der Waals surface area contributed by atoms with Crippen molar-refractivity contribution in [3.8, 4) is 0 Å². The van der Waals surface area contributed by atoms with Crippen LogP contribution in [0.5, 0.6) is 0 Å². The molecule has 0 saturated carbocycles. The molecule has 0 radical (unpaired) electrons. The van der Waals surface area contributed by atoms with Crippen molar-refractivity contribution in [3.05, 3.63) is 92.1 Å². The first-order chi connectivity index (χ1) is 14.1. The van der Waals surface area contributed by atoms with Crippen molar-refractivity contribution in [3.63, 3.8) is 0 Å². The van der Waals surface area contributed by atoms with Gasteiger partial charge in [0.25, 0.3) is 11.5 Å². The summed E-state index contributed by atoms with van der Waals surface area (Å²) in [6, 6.07) is 16.5. The van der Waals surface area contributed by atoms with Crippen molar-refractivity contribution < 1.29 is 4.79 Å². The van der Waals surface area contributed by atoms with E-state index >= 15 is 0 Å². The summed E-state index contributed by atoms with van der Waals surface area (Å²) in [6.45, 7) is 6.45. The predicted molar refractivity (Wildman–Crippen MR) is 119 cm³/mol. The third kappa shape index (κ3) is 4.20. The highest BCUT2D eigenvalue weighted by Gasteiger charge is 2.23. The summed E-state index contributed by atoms with van der Waals surface area (Å²) in [5.74, 6) is -0.452. The van der Waals surface area contributed by atoms with E-state index in [9.17, 15) is 14.4 Å². The molecular formula is C23H26N4O3. The minimum Gasteiger partial charge on any atom is -0.383 e. The molecule has 0 atom stereocenters. The van der Waals surface area contributed by atoms with Crippen LogP contribution in [0.25, 0.3) is 0 Å². The van der Waals surface area contributed by atoms with E-state index in [-0.39, 0.29) is 23.5 Å². The topological polar surface area (TPSA) is 101 Å². The van der Waals surface area contributed by atoms with Gasteiger partial charge in [-0.05, 0) is 28.7 Å². The Bertz CT molecular complexity index is 1170. The zero-order valence-electron chi connectivity index (χ0n) is 17.6. The van der Waals surface area contributed by atoms with Crippen molar-refractivity contribution >= 4 is 17.4 Å². The van der Waals surface area contributed by atoms with E-state index in [0.717, 1.165) is 11.1 Å². The molecule has 0 fully saturated rings. The maximum atomic E-state index is 13.0. The van der Waals surface area contributed by atoms with Gasteiger partial charge in [0.2, 0.25) is 0 Å². The second-order valence-corrected chi connectivity index (χ2v) is 8.26.